The van der Waals surface area contributed by atoms with E-state index in [1.54, 1.807) is 36.4 Å². The Hall–Kier alpha value is -3.65. The van der Waals surface area contributed by atoms with Gasteiger partial charge < -0.3 is 19.9 Å². The molecule has 1 aliphatic heterocycles. The van der Waals surface area contributed by atoms with Gasteiger partial charge in [0.15, 0.2) is 23.0 Å². The number of halogens is 3. The van der Waals surface area contributed by atoms with Gasteiger partial charge in [0.05, 0.1) is 10.9 Å². The van der Waals surface area contributed by atoms with Crippen molar-refractivity contribution in [2.45, 2.75) is 12.8 Å². The van der Waals surface area contributed by atoms with Crippen LogP contribution in [-0.4, -0.2) is 29.1 Å². The lowest BCUT2D eigenvalue weighted by Crippen LogP contribution is -2.28. The molecule has 168 valence electrons. The third-order valence-corrected chi connectivity index (χ3v) is 5.85. The van der Waals surface area contributed by atoms with Crippen LogP contribution in [0.5, 0.6) is 11.5 Å². The monoisotopic (exact) mass is 469 g/mol. The average Bonchev–Trinajstić information content (AvgIpc) is 3.47. The van der Waals surface area contributed by atoms with E-state index in [0.29, 0.717) is 40.2 Å². The van der Waals surface area contributed by atoms with Crippen molar-refractivity contribution in [1.82, 2.24) is 10.1 Å². The molecule has 0 aliphatic carbocycles. The molecule has 1 aliphatic rings. The molecule has 0 bridgehead atoms. The minimum atomic E-state index is -0.850. The molecule has 1 aromatic heterocycles. The number of nitrogens with zero attached hydrogens (tertiary/aromatic N) is 2. The Morgan fingerprint density at radius 2 is 1.82 bits per heavy atom. The lowest BCUT2D eigenvalue weighted by Gasteiger charge is -2.17. The molecule has 0 unspecified atom stereocenters. The molecule has 0 spiro atoms. The second-order valence-electron chi connectivity index (χ2n) is 7.78. The quantitative estimate of drug-likeness (QED) is 0.394. The molecular formula is C24H18ClF2N3O3. The number of likely N-dealkylation sites (tertiary alicyclic amines) is 1. The number of amides is 1. The summed E-state index contributed by atoms with van der Waals surface area (Å²) in [6.45, 7) is 1.07. The zero-order chi connectivity index (χ0) is 23.1. The molecule has 1 fully saturated rings. The molecule has 1 amide bonds. The molecule has 1 saturated heterocycles. The second kappa shape index (κ2) is 8.37. The number of aromatic nitrogens is 1. The average molecular weight is 470 g/mol. The minimum Gasteiger partial charge on any atom is -0.454 e. The Labute approximate surface area is 192 Å². The van der Waals surface area contributed by atoms with E-state index in [4.69, 9.17) is 26.6 Å². The highest BCUT2D eigenvalue weighted by molar-refractivity contribution is 6.31. The second-order valence-corrected chi connectivity index (χ2v) is 8.22. The number of anilines is 1. The Kier molecular flexibility index (Phi) is 5.38. The number of nitrogen functional groups attached to an aromatic ring is 1. The summed E-state index contributed by atoms with van der Waals surface area (Å²) in [6.07, 6.45) is 1.70. The largest absolute Gasteiger partial charge is 0.454 e. The molecule has 9 heteroatoms. The summed E-state index contributed by atoms with van der Waals surface area (Å²) in [6, 6.07) is 11.7. The first kappa shape index (κ1) is 21.2. The summed E-state index contributed by atoms with van der Waals surface area (Å²) in [7, 11) is 0. The van der Waals surface area contributed by atoms with Crippen molar-refractivity contribution in [2.75, 3.05) is 18.8 Å². The van der Waals surface area contributed by atoms with Gasteiger partial charge in [-0.15, -0.1) is 0 Å². The van der Waals surface area contributed by atoms with E-state index >= 15 is 0 Å². The zero-order valence-electron chi connectivity index (χ0n) is 17.3. The summed E-state index contributed by atoms with van der Waals surface area (Å²) in [5.41, 5.74) is 7.24. The van der Waals surface area contributed by atoms with Gasteiger partial charge in [-0.05, 0) is 54.8 Å². The van der Waals surface area contributed by atoms with Gasteiger partial charge in [0, 0.05) is 29.7 Å². The molecular weight excluding hydrogens is 452 g/mol. The smallest absolute Gasteiger partial charge is 0.256 e. The fourth-order valence-electron chi connectivity index (χ4n) is 3.92. The van der Waals surface area contributed by atoms with E-state index in [2.05, 4.69) is 5.16 Å². The standard InChI is InChI=1S/C24H18ClF2N3O3/c25-14-4-6-20(15(10-14)13-3-5-21-17(9-13)23(28)29-33-21)32-22-12-18(26)16(11-19(22)27)24(31)30-7-1-2-8-30/h3-6,9-12H,1-2,7-8H2,(H2,28,29). The van der Waals surface area contributed by atoms with Crippen molar-refractivity contribution < 1.29 is 22.8 Å². The van der Waals surface area contributed by atoms with Crippen molar-refractivity contribution in [3.8, 4) is 22.6 Å². The fraction of sp³-hybridized carbons (Fsp3) is 0.167. The Balaban J connectivity index is 1.51. The van der Waals surface area contributed by atoms with Crippen LogP contribution >= 0.6 is 11.6 Å². The molecule has 33 heavy (non-hydrogen) atoms. The number of carbonyl (C=O) groups is 1. The molecule has 6 nitrogen and oxygen atoms in total. The molecule has 2 heterocycles. The maximum absolute atomic E-state index is 14.9. The van der Waals surface area contributed by atoms with E-state index in [9.17, 15) is 13.6 Å². The summed E-state index contributed by atoms with van der Waals surface area (Å²) < 4.78 is 40.5. The van der Waals surface area contributed by atoms with Crippen LogP contribution in [0, 0.1) is 11.6 Å². The van der Waals surface area contributed by atoms with Crippen LogP contribution in [-0.2, 0) is 0 Å². The van der Waals surface area contributed by atoms with Gasteiger partial charge in [-0.25, -0.2) is 8.78 Å². The zero-order valence-corrected chi connectivity index (χ0v) is 18.0. The number of hydrogen-bond acceptors (Lipinski definition) is 5. The predicted octanol–water partition coefficient (Wildman–Crippen LogP) is 6.04. The molecule has 4 aromatic rings. The Morgan fingerprint density at radius 1 is 1.03 bits per heavy atom. The molecule has 5 rings (SSSR count). The number of rotatable bonds is 4. The van der Waals surface area contributed by atoms with Gasteiger partial charge in [-0.3, -0.25) is 4.79 Å². The van der Waals surface area contributed by atoms with Crippen LogP contribution < -0.4 is 10.5 Å². The van der Waals surface area contributed by atoms with Crippen molar-refractivity contribution in [1.29, 1.82) is 0 Å². The summed E-state index contributed by atoms with van der Waals surface area (Å²) >= 11 is 6.19. The van der Waals surface area contributed by atoms with Crippen LogP contribution in [0.1, 0.15) is 23.2 Å². The number of ether oxygens (including phenoxy) is 1. The lowest BCUT2D eigenvalue weighted by atomic mass is 10.0. The lowest BCUT2D eigenvalue weighted by molar-refractivity contribution is 0.0787. The summed E-state index contributed by atoms with van der Waals surface area (Å²) in [4.78, 5) is 14.0. The van der Waals surface area contributed by atoms with Gasteiger partial charge in [0.1, 0.15) is 11.6 Å². The van der Waals surface area contributed by atoms with Crippen LogP contribution in [0.2, 0.25) is 5.02 Å². The van der Waals surface area contributed by atoms with Gasteiger partial charge in [-0.1, -0.05) is 22.8 Å². The molecule has 0 atom stereocenters. The number of carbonyl (C=O) groups excluding carboxylic acids is 1. The fourth-order valence-corrected chi connectivity index (χ4v) is 4.09. The molecule has 3 aromatic carbocycles. The third kappa shape index (κ3) is 3.98. The van der Waals surface area contributed by atoms with E-state index in [1.165, 1.54) is 4.90 Å². The van der Waals surface area contributed by atoms with Crippen LogP contribution in [0.4, 0.5) is 14.6 Å². The Morgan fingerprint density at radius 3 is 2.61 bits per heavy atom. The highest BCUT2D eigenvalue weighted by Crippen LogP contribution is 2.38. The number of hydrogen-bond donors (Lipinski definition) is 1. The van der Waals surface area contributed by atoms with E-state index < -0.39 is 17.5 Å². The molecule has 0 radical (unpaired) electrons. The molecule has 0 saturated carbocycles. The SMILES string of the molecule is Nc1noc2ccc(-c3cc(Cl)ccc3Oc3cc(F)c(C(=O)N4CCCC4)cc3F)cc12. The highest BCUT2D eigenvalue weighted by atomic mass is 35.5. The maximum Gasteiger partial charge on any atom is 0.256 e. The number of fused-ring (bicyclic) bond motifs is 1. The first-order valence-corrected chi connectivity index (χ1v) is 10.7. The summed E-state index contributed by atoms with van der Waals surface area (Å²) in [5.74, 6) is -2.11. The Bertz CT molecular complexity index is 1380. The van der Waals surface area contributed by atoms with Gasteiger partial charge in [0.25, 0.3) is 5.91 Å². The number of nitrogens with two attached hydrogens (primary N) is 1. The van der Waals surface area contributed by atoms with E-state index in [-0.39, 0.29) is 22.9 Å². The maximum atomic E-state index is 14.9. The van der Waals surface area contributed by atoms with E-state index in [1.807, 2.05) is 0 Å². The van der Waals surface area contributed by atoms with Crippen molar-refractivity contribution in [3.05, 3.63) is 70.8 Å². The first-order valence-electron chi connectivity index (χ1n) is 10.3. The normalized spacial score (nSPS) is 13.6. The van der Waals surface area contributed by atoms with Crippen LogP contribution in [0.15, 0.2) is 53.1 Å². The van der Waals surface area contributed by atoms with Crippen molar-refractivity contribution in [3.63, 3.8) is 0 Å². The molecule has 2 N–H and O–H groups in total. The van der Waals surface area contributed by atoms with Crippen LogP contribution in [0.3, 0.4) is 0 Å². The number of benzene rings is 3. The highest BCUT2D eigenvalue weighted by Gasteiger charge is 2.25. The van der Waals surface area contributed by atoms with Gasteiger partial charge >= 0.3 is 0 Å². The van der Waals surface area contributed by atoms with Gasteiger partial charge in [-0.2, -0.15) is 0 Å². The first-order chi connectivity index (χ1) is 15.9. The van der Waals surface area contributed by atoms with Gasteiger partial charge in [0.2, 0.25) is 0 Å². The van der Waals surface area contributed by atoms with Crippen molar-refractivity contribution in [2.24, 2.45) is 0 Å². The van der Waals surface area contributed by atoms with Crippen molar-refractivity contribution >= 4 is 34.3 Å². The van der Waals surface area contributed by atoms with Crippen LogP contribution in [0.25, 0.3) is 22.1 Å². The predicted molar refractivity (Wildman–Crippen MR) is 120 cm³/mol. The third-order valence-electron chi connectivity index (χ3n) is 5.62. The van der Waals surface area contributed by atoms with E-state index in [0.717, 1.165) is 25.0 Å². The minimum absolute atomic E-state index is 0.225. The summed E-state index contributed by atoms with van der Waals surface area (Å²) in [5, 5.41) is 4.76. The topological polar surface area (TPSA) is 81.6 Å².